The summed E-state index contributed by atoms with van der Waals surface area (Å²) in [5, 5.41) is 9.36. The van der Waals surface area contributed by atoms with Crippen molar-refractivity contribution in [3.63, 3.8) is 0 Å². The van der Waals surface area contributed by atoms with Crippen molar-refractivity contribution in [2.45, 2.75) is 0 Å². The fraction of sp³-hybridized carbons (Fsp3) is 0. The van der Waals surface area contributed by atoms with Crippen molar-refractivity contribution in [3.05, 3.63) is 164 Å². The Morgan fingerprint density at radius 3 is 1.67 bits per heavy atom. The van der Waals surface area contributed by atoms with Crippen LogP contribution in [0.5, 0.6) is 0 Å². The molecule has 0 amide bonds. The first-order valence-corrected chi connectivity index (χ1v) is 16.4. The van der Waals surface area contributed by atoms with Gasteiger partial charge in [0.1, 0.15) is 11.2 Å². The molecular formula is C45H27N3O. The van der Waals surface area contributed by atoms with Crippen LogP contribution in [-0.2, 0) is 0 Å². The second kappa shape index (κ2) is 11.0. The highest BCUT2D eigenvalue weighted by atomic mass is 16.3. The molecule has 0 saturated carbocycles. The molecule has 0 aliphatic heterocycles. The Labute approximate surface area is 282 Å². The van der Waals surface area contributed by atoms with E-state index in [4.69, 9.17) is 19.4 Å². The lowest BCUT2D eigenvalue weighted by Gasteiger charge is -2.10. The van der Waals surface area contributed by atoms with Crippen LogP contribution in [0.3, 0.4) is 0 Å². The van der Waals surface area contributed by atoms with Gasteiger partial charge in [0, 0.05) is 27.5 Å². The van der Waals surface area contributed by atoms with Gasteiger partial charge in [0.15, 0.2) is 17.5 Å². The Morgan fingerprint density at radius 1 is 0.286 bits per heavy atom. The summed E-state index contributed by atoms with van der Waals surface area (Å²) in [5.41, 5.74) is 6.72. The molecule has 0 fully saturated rings. The average molecular weight is 626 g/mol. The van der Waals surface area contributed by atoms with Crippen LogP contribution in [0.1, 0.15) is 0 Å². The van der Waals surface area contributed by atoms with Crippen LogP contribution >= 0.6 is 0 Å². The molecule has 4 nitrogen and oxygen atoms in total. The molecule has 0 aliphatic rings. The molecule has 228 valence electrons. The van der Waals surface area contributed by atoms with Crippen LogP contribution < -0.4 is 0 Å². The molecule has 2 heterocycles. The van der Waals surface area contributed by atoms with Crippen LogP contribution in [0.4, 0.5) is 0 Å². The van der Waals surface area contributed by atoms with Gasteiger partial charge in [-0.25, -0.2) is 15.0 Å². The number of hydrogen-bond acceptors (Lipinski definition) is 4. The fourth-order valence-corrected chi connectivity index (χ4v) is 6.96. The van der Waals surface area contributed by atoms with E-state index in [9.17, 15) is 0 Å². The highest BCUT2D eigenvalue weighted by Gasteiger charge is 2.16. The summed E-state index contributed by atoms with van der Waals surface area (Å²) >= 11 is 0. The fourth-order valence-electron chi connectivity index (χ4n) is 6.96. The van der Waals surface area contributed by atoms with Crippen LogP contribution in [0.15, 0.2) is 168 Å². The highest BCUT2D eigenvalue weighted by Crippen LogP contribution is 2.36. The third-order valence-electron chi connectivity index (χ3n) is 9.48. The van der Waals surface area contributed by atoms with Gasteiger partial charge < -0.3 is 4.42 Å². The normalized spacial score (nSPS) is 11.7. The van der Waals surface area contributed by atoms with Crippen molar-refractivity contribution in [1.82, 2.24) is 15.0 Å². The topological polar surface area (TPSA) is 51.8 Å². The van der Waals surface area contributed by atoms with Gasteiger partial charge in [0.05, 0.1) is 0 Å². The summed E-state index contributed by atoms with van der Waals surface area (Å²) in [6.45, 7) is 0. The zero-order valence-corrected chi connectivity index (χ0v) is 26.3. The third-order valence-corrected chi connectivity index (χ3v) is 9.48. The highest BCUT2D eigenvalue weighted by molar-refractivity contribution is 6.09. The van der Waals surface area contributed by atoms with Crippen LogP contribution in [0.2, 0.25) is 0 Å². The summed E-state index contributed by atoms with van der Waals surface area (Å²) in [7, 11) is 0. The van der Waals surface area contributed by atoms with Crippen molar-refractivity contribution in [3.8, 4) is 45.3 Å². The minimum atomic E-state index is 0.598. The monoisotopic (exact) mass is 625 g/mol. The largest absolute Gasteiger partial charge is 0.456 e. The van der Waals surface area contributed by atoms with Crippen molar-refractivity contribution >= 4 is 54.3 Å². The van der Waals surface area contributed by atoms with Gasteiger partial charge in [-0.3, -0.25) is 0 Å². The van der Waals surface area contributed by atoms with Crippen LogP contribution in [-0.4, -0.2) is 15.0 Å². The summed E-state index contributed by atoms with van der Waals surface area (Å²) in [5.74, 6) is 1.85. The zero-order chi connectivity index (χ0) is 32.3. The lowest BCUT2D eigenvalue weighted by Crippen LogP contribution is -2.00. The van der Waals surface area contributed by atoms with E-state index in [1.807, 2.05) is 36.4 Å². The SMILES string of the molecule is c1ccc(-c2nc(-c3ccc4c(c3)oc3ccc(-c5ccc6ccccc6c5)cc34)nc(-c3ccc4ccc5ccccc5c4c3)n2)cc1. The molecule has 10 rings (SSSR count). The molecule has 0 saturated heterocycles. The number of fused-ring (bicyclic) bond motifs is 7. The van der Waals surface area contributed by atoms with E-state index < -0.39 is 0 Å². The molecule has 0 radical (unpaired) electrons. The van der Waals surface area contributed by atoms with E-state index in [-0.39, 0.29) is 0 Å². The van der Waals surface area contributed by atoms with Crippen molar-refractivity contribution in [2.75, 3.05) is 0 Å². The molecule has 0 N–H and O–H groups in total. The molecule has 0 atom stereocenters. The van der Waals surface area contributed by atoms with Gasteiger partial charge in [-0.15, -0.1) is 0 Å². The molecule has 0 aliphatic carbocycles. The maximum absolute atomic E-state index is 6.42. The Hall–Kier alpha value is -6.65. The summed E-state index contributed by atoms with van der Waals surface area (Å²) in [6.07, 6.45) is 0. The zero-order valence-electron chi connectivity index (χ0n) is 26.3. The predicted octanol–water partition coefficient (Wildman–Crippen LogP) is 11.9. The van der Waals surface area contributed by atoms with Gasteiger partial charge in [0.2, 0.25) is 0 Å². The molecule has 8 aromatic carbocycles. The molecule has 49 heavy (non-hydrogen) atoms. The van der Waals surface area contributed by atoms with Crippen molar-refractivity contribution < 1.29 is 4.42 Å². The number of rotatable bonds is 4. The molecule has 0 spiro atoms. The van der Waals surface area contributed by atoms with E-state index in [1.165, 1.54) is 37.9 Å². The minimum absolute atomic E-state index is 0.598. The van der Waals surface area contributed by atoms with Crippen molar-refractivity contribution in [1.29, 1.82) is 0 Å². The second-order valence-corrected chi connectivity index (χ2v) is 12.5. The third kappa shape index (κ3) is 4.73. The average Bonchev–Trinajstić information content (AvgIpc) is 3.55. The lowest BCUT2D eigenvalue weighted by molar-refractivity contribution is 0.669. The first-order chi connectivity index (χ1) is 24.2. The molecular weight excluding hydrogens is 599 g/mol. The van der Waals surface area contributed by atoms with Gasteiger partial charge >= 0.3 is 0 Å². The lowest BCUT2D eigenvalue weighted by atomic mass is 9.99. The quantitative estimate of drug-likeness (QED) is 0.183. The number of hydrogen-bond donors (Lipinski definition) is 0. The molecule has 2 aromatic heterocycles. The Bertz CT molecular complexity index is 2890. The number of benzene rings is 8. The van der Waals surface area contributed by atoms with E-state index in [0.29, 0.717) is 17.5 Å². The summed E-state index contributed by atoms with van der Waals surface area (Å²) < 4.78 is 6.42. The maximum atomic E-state index is 6.42. The number of furan rings is 1. The second-order valence-electron chi connectivity index (χ2n) is 12.5. The summed E-state index contributed by atoms with van der Waals surface area (Å²) in [6, 6.07) is 57.1. The van der Waals surface area contributed by atoms with Crippen LogP contribution in [0, 0.1) is 0 Å². The molecule has 0 bridgehead atoms. The Kier molecular flexibility index (Phi) is 6.15. The molecule has 4 heteroatoms. The van der Waals surface area contributed by atoms with Crippen LogP contribution in [0.25, 0.3) is 99.5 Å². The molecule has 0 unspecified atom stereocenters. The number of nitrogens with zero attached hydrogens (tertiary/aromatic N) is 3. The molecule has 10 aromatic rings. The van der Waals surface area contributed by atoms with E-state index >= 15 is 0 Å². The van der Waals surface area contributed by atoms with E-state index in [1.54, 1.807) is 0 Å². The summed E-state index contributed by atoms with van der Waals surface area (Å²) in [4.78, 5) is 15.0. The first kappa shape index (κ1) is 27.5. The van der Waals surface area contributed by atoms with Crippen molar-refractivity contribution in [2.24, 2.45) is 0 Å². The van der Waals surface area contributed by atoms with E-state index in [0.717, 1.165) is 44.2 Å². The first-order valence-electron chi connectivity index (χ1n) is 16.4. The van der Waals surface area contributed by atoms with E-state index in [2.05, 4.69) is 127 Å². The standard InChI is InChI=1S/C45H27N3O/c1-2-10-31(11-3-1)43-46-44(35-19-17-30-16-15-29-9-6-7-13-37(29)39(30)26-35)48-45(47-43)36-20-22-38-40-25-34(21-23-41(40)49-42(38)27-36)33-18-14-28-8-4-5-12-32(28)24-33/h1-27H. The van der Waals surface area contributed by atoms with Gasteiger partial charge in [-0.1, -0.05) is 127 Å². The Balaban J connectivity index is 1.10. The van der Waals surface area contributed by atoms with Gasteiger partial charge in [-0.05, 0) is 79.8 Å². The number of aromatic nitrogens is 3. The smallest absolute Gasteiger partial charge is 0.164 e. The van der Waals surface area contributed by atoms with Gasteiger partial charge in [-0.2, -0.15) is 0 Å². The maximum Gasteiger partial charge on any atom is 0.164 e. The minimum Gasteiger partial charge on any atom is -0.456 e. The Morgan fingerprint density at radius 2 is 0.837 bits per heavy atom. The van der Waals surface area contributed by atoms with Gasteiger partial charge in [0.25, 0.3) is 0 Å². The predicted molar refractivity (Wildman–Crippen MR) is 201 cm³/mol.